The zero-order valence-electron chi connectivity index (χ0n) is 20.8. The summed E-state index contributed by atoms with van der Waals surface area (Å²) in [5, 5.41) is 12.0. The number of halogens is 3. The Morgan fingerprint density at radius 1 is 1.13 bits per heavy atom. The number of anilines is 1. The molecule has 12 heteroatoms. The number of aromatic nitrogens is 2. The van der Waals surface area contributed by atoms with Gasteiger partial charge < -0.3 is 20.1 Å². The van der Waals surface area contributed by atoms with Gasteiger partial charge in [-0.2, -0.15) is 0 Å². The van der Waals surface area contributed by atoms with Crippen molar-refractivity contribution in [3.63, 3.8) is 0 Å². The molecule has 0 radical (unpaired) electrons. The highest BCUT2D eigenvalue weighted by Crippen LogP contribution is 2.46. The molecule has 1 aliphatic heterocycles. The van der Waals surface area contributed by atoms with Gasteiger partial charge in [0.1, 0.15) is 22.8 Å². The Labute approximate surface area is 214 Å². The number of amides is 1. The van der Waals surface area contributed by atoms with Crippen molar-refractivity contribution in [3.8, 4) is 5.69 Å². The average Bonchev–Trinajstić information content (AvgIpc) is 3.49. The van der Waals surface area contributed by atoms with Crippen molar-refractivity contribution in [2.45, 2.75) is 38.8 Å². The van der Waals surface area contributed by atoms with E-state index in [9.17, 15) is 28.3 Å². The number of nitrogens with one attached hydrogen (secondary N) is 1. The minimum Gasteiger partial charge on any atom is -0.477 e. The first kappa shape index (κ1) is 25.6. The molecule has 3 heterocycles. The highest BCUT2D eigenvalue weighted by atomic mass is 19.1. The number of nitrogens with zero attached hydrogens (tertiary/aromatic N) is 3. The molecule has 9 nitrogen and oxygen atoms in total. The first-order valence-electron chi connectivity index (χ1n) is 12.0. The number of piperidine rings is 1. The van der Waals surface area contributed by atoms with Crippen molar-refractivity contribution in [2.24, 2.45) is 11.8 Å². The lowest BCUT2D eigenvalue weighted by molar-refractivity contribution is 0.0518. The first-order valence-corrected chi connectivity index (χ1v) is 12.0. The summed E-state index contributed by atoms with van der Waals surface area (Å²) in [6, 6.07) is 3.42. The van der Waals surface area contributed by atoms with Crippen LogP contribution in [-0.4, -0.2) is 51.5 Å². The van der Waals surface area contributed by atoms with Crippen LogP contribution in [0.25, 0.3) is 16.7 Å². The van der Waals surface area contributed by atoms with Gasteiger partial charge in [0.2, 0.25) is 5.43 Å². The summed E-state index contributed by atoms with van der Waals surface area (Å²) in [5.74, 6) is -4.18. The van der Waals surface area contributed by atoms with E-state index >= 15 is 4.39 Å². The van der Waals surface area contributed by atoms with Crippen molar-refractivity contribution in [1.82, 2.24) is 14.9 Å². The van der Waals surface area contributed by atoms with Crippen LogP contribution >= 0.6 is 0 Å². The maximum absolute atomic E-state index is 15.3. The van der Waals surface area contributed by atoms with Gasteiger partial charge in [-0.25, -0.2) is 27.7 Å². The van der Waals surface area contributed by atoms with Gasteiger partial charge in [-0.15, -0.1) is 0 Å². The number of rotatable bonds is 4. The van der Waals surface area contributed by atoms with E-state index in [1.165, 1.54) is 0 Å². The van der Waals surface area contributed by atoms with Crippen LogP contribution in [0, 0.1) is 29.3 Å². The fourth-order valence-corrected chi connectivity index (χ4v) is 5.04. The molecule has 2 N–H and O–H groups in total. The number of pyridine rings is 2. The maximum atomic E-state index is 15.3. The molecule has 1 saturated carbocycles. The van der Waals surface area contributed by atoms with E-state index in [4.69, 9.17) is 4.74 Å². The van der Waals surface area contributed by atoms with Crippen molar-refractivity contribution >= 4 is 28.9 Å². The quantitative estimate of drug-likeness (QED) is 0.527. The van der Waals surface area contributed by atoms with E-state index in [0.29, 0.717) is 25.6 Å². The third-order valence-electron chi connectivity index (χ3n) is 6.79. The molecule has 3 unspecified atom stereocenters. The summed E-state index contributed by atoms with van der Waals surface area (Å²) < 4.78 is 49.9. The highest BCUT2D eigenvalue weighted by molar-refractivity contribution is 5.92. The minimum atomic E-state index is -1.59. The Hall–Kier alpha value is -4.09. The number of carbonyl (C=O) groups is 2. The summed E-state index contributed by atoms with van der Waals surface area (Å²) in [6.07, 6.45) is 1.01. The molecule has 1 aliphatic carbocycles. The molecule has 0 bridgehead atoms. The molecule has 2 aliphatic rings. The van der Waals surface area contributed by atoms with Crippen molar-refractivity contribution < 1.29 is 32.6 Å². The van der Waals surface area contributed by atoms with Crippen LogP contribution in [0.1, 0.15) is 37.6 Å². The highest BCUT2D eigenvalue weighted by Gasteiger charge is 2.54. The second-order valence-corrected chi connectivity index (χ2v) is 10.5. The molecular weight excluding hydrogens is 505 g/mol. The minimum absolute atomic E-state index is 0.0271. The number of ether oxygens (including phenoxy) is 1. The van der Waals surface area contributed by atoms with Crippen molar-refractivity contribution in [2.75, 3.05) is 18.0 Å². The first-order chi connectivity index (χ1) is 17.8. The number of carboxylic acid groups (broad SMARTS) is 1. The molecule has 3 aromatic rings. The summed E-state index contributed by atoms with van der Waals surface area (Å²) in [7, 11) is 0. The molecule has 2 fully saturated rings. The zero-order valence-corrected chi connectivity index (χ0v) is 20.8. The normalized spacial score (nSPS) is 20.7. The largest absolute Gasteiger partial charge is 0.477 e. The number of benzene rings is 1. The topological polar surface area (TPSA) is 114 Å². The van der Waals surface area contributed by atoms with Crippen LogP contribution in [0.4, 0.5) is 23.8 Å². The maximum Gasteiger partial charge on any atom is 0.407 e. The van der Waals surface area contributed by atoms with Crippen molar-refractivity contribution in [1.29, 1.82) is 0 Å². The predicted octanol–water partition coefficient (Wildman–Crippen LogP) is 3.85. The number of hydrogen-bond acceptors (Lipinski definition) is 6. The summed E-state index contributed by atoms with van der Waals surface area (Å²) in [4.78, 5) is 42.7. The zero-order chi connectivity index (χ0) is 27.5. The Kier molecular flexibility index (Phi) is 6.07. The Bertz CT molecular complexity index is 1530. The van der Waals surface area contributed by atoms with E-state index < -0.39 is 46.1 Å². The van der Waals surface area contributed by atoms with Gasteiger partial charge in [-0.05, 0) is 51.3 Å². The van der Waals surface area contributed by atoms with Gasteiger partial charge in [0, 0.05) is 37.3 Å². The fourth-order valence-electron chi connectivity index (χ4n) is 5.04. The average molecular weight is 531 g/mol. The third kappa shape index (κ3) is 4.66. The van der Waals surface area contributed by atoms with E-state index in [1.54, 1.807) is 25.7 Å². The van der Waals surface area contributed by atoms with Gasteiger partial charge in [0.05, 0.1) is 11.1 Å². The number of hydrogen-bond donors (Lipinski definition) is 2. The molecule has 1 amide bonds. The Morgan fingerprint density at radius 3 is 2.53 bits per heavy atom. The fraction of sp³-hybridized carbons (Fsp3) is 0.385. The lowest BCUT2D eigenvalue weighted by atomic mass is 10.1. The molecule has 3 atom stereocenters. The van der Waals surface area contributed by atoms with E-state index in [0.717, 1.165) is 29.0 Å². The molecule has 0 spiro atoms. The van der Waals surface area contributed by atoms with E-state index in [-0.39, 0.29) is 40.4 Å². The smallest absolute Gasteiger partial charge is 0.407 e. The van der Waals surface area contributed by atoms with Crippen LogP contribution in [0.5, 0.6) is 0 Å². The number of fused-ring (bicyclic) bond motifs is 2. The molecular formula is C26H25F3N4O5. The third-order valence-corrected chi connectivity index (χ3v) is 6.79. The van der Waals surface area contributed by atoms with E-state index in [2.05, 4.69) is 10.3 Å². The standard InChI is InChI=1S/C26H25F3N4O5/c1-26(2,3)38-25(37)30-20-13-6-7-32(10-15(13)20)23-18(29)9-14-21(34)16(24(35)36)11-33(22(14)31-23)19-5-4-12(27)8-17(19)28/h4-5,8-9,11,13,15,20H,6-7,10H2,1-3H3,(H,30,37)(H,35,36). The molecule has 2 aromatic heterocycles. The summed E-state index contributed by atoms with van der Waals surface area (Å²) in [5.41, 5.74) is -2.78. The predicted molar refractivity (Wildman–Crippen MR) is 131 cm³/mol. The second kappa shape index (κ2) is 9.03. The lowest BCUT2D eigenvalue weighted by Crippen LogP contribution is -2.35. The summed E-state index contributed by atoms with van der Waals surface area (Å²) >= 11 is 0. The van der Waals surface area contributed by atoms with Gasteiger partial charge in [-0.3, -0.25) is 9.36 Å². The number of carbonyl (C=O) groups excluding carboxylic acids is 1. The van der Waals surface area contributed by atoms with Crippen LogP contribution in [-0.2, 0) is 4.74 Å². The molecule has 1 aromatic carbocycles. The number of aromatic carboxylic acids is 1. The van der Waals surface area contributed by atoms with Gasteiger partial charge in [0.25, 0.3) is 0 Å². The Balaban J connectivity index is 1.51. The monoisotopic (exact) mass is 530 g/mol. The molecule has 200 valence electrons. The van der Waals surface area contributed by atoms with Gasteiger partial charge in [-0.1, -0.05) is 0 Å². The SMILES string of the molecule is CC(C)(C)OC(=O)NC1C2CCN(c3nc4c(cc3F)c(=O)c(C(=O)O)cn4-c3ccc(F)cc3F)CC21. The van der Waals surface area contributed by atoms with Crippen molar-refractivity contribution in [3.05, 3.63) is 63.7 Å². The van der Waals surface area contributed by atoms with Gasteiger partial charge >= 0.3 is 12.1 Å². The van der Waals surface area contributed by atoms with Crippen LogP contribution < -0.4 is 15.6 Å². The number of alkyl carbamates (subject to hydrolysis) is 1. The molecule has 1 saturated heterocycles. The van der Waals surface area contributed by atoms with Crippen LogP contribution in [0.2, 0.25) is 0 Å². The van der Waals surface area contributed by atoms with Crippen LogP contribution in [0.3, 0.4) is 0 Å². The van der Waals surface area contributed by atoms with Gasteiger partial charge in [0.15, 0.2) is 17.3 Å². The second-order valence-electron chi connectivity index (χ2n) is 10.5. The number of carboxylic acids is 1. The van der Waals surface area contributed by atoms with E-state index in [1.807, 2.05) is 0 Å². The lowest BCUT2D eigenvalue weighted by Gasteiger charge is -2.28. The molecule has 38 heavy (non-hydrogen) atoms. The summed E-state index contributed by atoms with van der Waals surface area (Å²) in [6.45, 7) is 6.06. The Morgan fingerprint density at radius 2 is 1.87 bits per heavy atom. The molecule has 5 rings (SSSR count). The van der Waals surface area contributed by atoms with Crippen LogP contribution in [0.15, 0.2) is 35.3 Å².